The molecule has 0 bridgehead atoms. The zero-order valence-electron chi connectivity index (χ0n) is 15.3. The Hall–Kier alpha value is -3.30. The van der Waals surface area contributed by atoms with E-state index in [1.165, 1.54) is 24.5 Å². The molecule has 1 aliphatic heterocycles. The molecule has 2 aromatic rings. The van der Waals surface area contributed by atoms with Crippen molar-refractivity contribution >= 4 is 29.0 Å². The van der Waals surface area contributed by atoms with Crippen molar-refractivity contribution in [3.63, 3.8) is 0 Å². The number of aromatic nitrogens is 2. The Bertz CT molecular complexity index is 871. The third kappa shape index (κ3) is 4.16. The van der Waals surface area contributed by atoms with Crippen LogP contribution in [0.15, 0.2) is 30.6 Å². The summed E-state index contributed by atoms with van der Waals surface area (Å²) >= 11 is 0. The van der Waals surface area contributed by atoms with Gasteiger partial charge in [-0.15, -0.1) is 0 Å². The molecule has 0 radical (unpaired) electrons. The summed E-state index contributed by atoms with van der Waals surface area (Å²) in [4.78, 5) is 32.8. The second-order valence-corrected chi connectivity index (χ2v) is 6.27. The minimum atomic E-state index is -0.587. The number of ether oxygens (including phenoxy) is 1. The van der Waals surface area contributed by atoms with Gasteiger partial charge in [-0.25, -0.2) is 14.4 Å². The van der Waals surface area contributed by atoms with E-state index in [0.717, 1.165) is 0 Å². The summed E-state index contributed by atoms with van der Waals surface area (Å²) in [5.74, 6) is -0.977. The number of nitrogens with one attached hydrogen (secondary N) is 1. The summed E-state index contributed by atoms with van der Waals surface area (Å²) in [5, 5.41) is 14.4. The van der Waals surface area contributed by atoms with E-state index in [-0.39, 0.29) is 34.9 Å². The van der Waals surface area contributed by atoms with Crippen LogP contribution in [0.2, 0.25) is 0 Å². The van der Waals surface area contributed by atoms with Gasteiger partial charge in [-0.3, -0.25) is 14.9 Å². The van der Waals surface area contributed by atoms with Gasteiger partial charge < -0.3 is 15.0 Å². The number of hydrogen-bond acceptors (Lipinski definition) is 8. The lowest BCUT2D eigenvalue weighted by atomic mass is 9.97. The number of esters is 1. The highest BCUT2D eigenvalue weighted by atomic mass is 19.1. The maximum Gasteiger partial charge on any atom is 0.353 e. The SMILES string of the molecule is CCOC(=O)C1CCN(c2ncnc(Nc3ccccc3F)c2[N+](=O)[O-])CC1. The molecule has 0 spiro atoms. The van der Waals surface area contributed by atoms with Gasteiger partial charge >= 0.3 is 11.7 Å². The molecule has 1 fully saturated rings. The monoisotopic (exact) mass is 389 g/mol. The van der Waals surface area contributed by atoms with Gasteiger partial charge in [0.15, 0.2) is 0 Å². The molecule has 2 heterocycles. The first kappa shape index (κ1) is 19.5. The summed E-state index contributed by atoms with van der Waals surface area (Å²) in [7, 11) is 0. The second-order valence-electron chi connectivity index (χ2n) is 6.27. The molecule has 1 aromatic carbocycles. The van der Waals surface area contributed by atoms with E-state index in [0.29, 0.717) is 32.5 Å². The van der Waals surface area contributed by atoms with E-state index >= 15 is 0 Å². The van der Waals surface area contributed by atoms with Crippen LogP contribution in [-0.2, 0) is 9.53 Å². The number of para-hydroxylation sites is 1. The molecule has 1 aliphatic rings. The van der Waals surface area contributed by atoms with Gasteiger partial charge in [0.1, 0.15) is 12.1 Å². The molecule has 1 saturated heterocycles. The van der Waals surface area contributed by atoms with Crippen molar-refractivity contribution in [1.29, 1.82) is 0 Å². The number of hydrogen-bond donors (Lipinski definition) is 1. The first-order valence-electron chi connectivity index (χ1n) is 8.93. The van der Waals surface area contributed by atoms with Crippen LogP contribution in [0.3, 0.4) is 0 Å². The van der Waals surface area contributed by atoms with Gasteiger partial charge in [0.05, 0.1) is 23.1 Å². The lowest BCUT2D eigenvalue weighted by molar-refractivity contribution is -0.383. The third-order valence-electron chi connectivity index (χ3n) is 4.53. The first-order chi connectivity index (χ1) is 13.5. The van der Waals surface area contributed by atoms with Crippen molar-refractivity contribution in [1.82, 2.24) is 9.97 Å². The van der Waals surface area contributed by atoms with Crippen LogP contribution in [0, 0.1) is 21.8 Å². The highest BCUT2D eigenvalue weighted by Crippen LogP contribution is 2.35. The van der Waals surface area contributed by atoms with Gasteiger partial charge in [-0.2, -0.15) is 0 Å². The molecule has 0 amide bonds. The van der Waals surface area contributed by atoms with Gasteiger partial charge in [-0.1, -0.05) is 12.1 Å². The Morgan fingerprint density at radius 1 is 1.36 bits per heavy atom. The van der Waals surface area contributed by atoms with Crippen LogP contribution < -0.4 is 10.2 Å². The maximum absolute atomic E-state index is 13.9. The molecule has 3 rings (SSSR count). The summed E-state index contributed by atoms with van der Waals surface area (Å²) in [6, 6.07) is 5.84. The number of carbonyl (C=O) groups excluding carboxylic acids is 1. The van der Waals surface area contributed by atoms with E-state index in [1.807, 2.05) is 0 Å². The largest absolute Gasteiger partial charge is 0.466 e. The molecule has 1 aromatic heterocycles. The number of anilines is 3. The molecule has 0 unspecified atom stereocenters. The quantitative estimate of drug-likeness (QED) is 0.456. The summed E-state index contributed by atoms with van der Waals surface area (Å²) in [5.41, 5.74) is -0.253. The zero-order chi connectivity index (χ0) is 20.1. The van der Waals surface area contributed by atoms with E-state index in [4.69, 9.17) is 4.74 Å². The topological polar surface area (TPSA) is 110 Å². The Labute approximate surface area is 160 Å². The molecule has 148 valence electrons. The number of piperidine rings is 1. The predicted octanol–water partition coefficient (Wildman–Crippen LogP) is 3.05. The minimum absolute atomic E-state index is 0.0799. The number of carbonyl (C=O) groups is 1. The third-order valence-corrected chi connectivity index (χ3v) is 4.53. The summed E-state index contributed by atoms with van der Waals surface area (Å²) < 4.78 is 19.0. The standard InChI is InChI=1S/C18H20FN5O4/c1-2-28-18(25)12-7-9-23(10-8-12)17-15(24(26)27)16(20-11-21-17)22-14-6-4-3-5-13(14)19/h3-6,11-12H,2,7-10H2,1H3,(H,20,21,22). The lowest BCUT2D eigenvalue weighted by Crippen LogP contribution is -2.37. The Balaban J connectivity index is 1.83. The average Bonchev–Trinajstić information content (AvgIpc) is 2.69. The zero-order valence-corrected chi connectivity index (χ0v) is 15.3. The van der Waals surface area contributed by atoms with E-state index in [1.54, 1.807) is 17.9 Å². The fourth-order valence-electron chi connectivity index (χ4n) is 3.14. The van der Waals surface area contributed by atoms with E-state index < -0.39 is 10.7 Å². The van der Waals surface area contributed by atoms with Gasteiger partial charge in [0, 0.05) is 13.1 Å². The molecule has 0 aliphatic carbocycles. The fraction of sp³-hybridized carbons (Fsp3) is 0.389. The van der Waals surface area contributed by atoms with Gasteiger partial charge in [0.2, 0.25) is 11.6 Å². The number of halogens is 1. The van der Waals surface area contributed by atoms with Crippen LogP contribution in [0.5, 0.6) is 0 Å². The van der Waals surface area contributed by atoms with Crippen molar-refractivity contribution < 1.29 is 18.8 Å². The minimum Gasteiger partial charge on any atom is -0.466 e. The lowest BCUT2D eigenvalue weighted by Gasteiger charge is -2.31. The average molecular weight is 389 g/mol. The Morgan fingerprint density at radius 3 is 2.71 bits per heavy atom. The summed E-state index contributed by atoms with van der Waals surface area (Å²) in [6.45, 7) is 2.91. The number of nitrogens with zero attached hydrogens (tertiary/aromatic N) is 4. The van der Waals surface area contributed by atoms with Crippen molar-refractivity contribution in [2.24, 2.45) is 5.92 Å². The van der Waals surface area contributed by atoms with Gasteiger partial charge in [-0.05, 0) is 31.9 Å². The molecular formula is C18H20FN5O4. The summed E-state index contributed by atoms with van der Waals surface area (Å²) in [6.07, 6.45) is 2.22. The number of rotatable bonds is 6. The van der Waals surface area contributed by atoms with E-state index in [2.05, 4.69) is 15.3 Å². The van der Waals surface area contributed by atoms with Crippen LogP contribution in [0.25, 0.3) is 0 Å². The molecule has 10 heteroatoms. The van der Waals surface area contributed by atoms with Crippen molar-refractivity contribution in [2.45, 2.75) is 19.8 Å². The van der Waals surface area contributed by atoms with Crippen molar-refractivity contribution in [3.05, 3.63) is 46.5 Å². The van der Waals surface area contributed by atoms with Crippen LogP contribution in [0.1, 0.15) is 19.8 Å². The smallest absolute Gasteiger partial charge is 0.353 e. The fourth-order valence-corrected chi connectivity index (χ4v) is 3.14. The number of benzene rings is 1. The van der Waals surface area contributed by atoms with Gasteiger partial charge in [0.25, 0.3) is 0 Å². The highest BCUT2D eigenvalue weighted by molar-refractivity contribution is 5.76. The second kappa shape index (κ2) is 8.59. The number of nitro groups is 1. The molecule has 1 N–H and O–H groups in total. The molecular weight excluding hydrogens is 369 g/mol. The first-order valence-corrected chi connectivity index (χ1v) is 8.93. The van der Waals surface area contributed by atoms with Crippen LogP contribution in [-0.4, -0.2) is 40.6 Å². The highest BCUT2D eigenvalue weighted by Gasteiger charge is 2.32. The Morgan fingerprint density at radius 2 is 2.07 bits per heavy atom. The molecule has 0 saturated carbocycles. The van der Waals surface area contributed by atoms with Crippen LogP contribution >= 0.6 is 0 Å². The van der Waals surface area contributed by atoms with Crippen molar-refractivity contribution in [2.75, 3.05) is 29.9 Å². The molecule has 0 atom stereocenters. The normalized spacial score (nSPS) is 14.6. The predicted molar refractivity (Wildman–Crippen MR) is 99.9 cm³/mol. The van der Waals surface area contributed by atoms with Crippen molar-refractivity contribution in [3.8, 4) is 0 Å². The van der Waals surface area contributed by atoms with Crippen LogP contribution in [0.4, 0.5) is 27.4 Å². The Kier molecular flexibility index (Phi) is 5.97. The maximum atomic E-state index is 13.9. The van der Waals surface area contributed by atoms with E-state index in [9.17, 15) is 19.3 Å². The molecule has 28 heavy (non-hydrogen) atoms. The molecule has 9 nitrogen and oxygen atoms in total.